The molecule has 1 aromatic carbocycles. The highest BCUT2D eigenvalue weighted by molar-refractivity contribution is 5.70. The van der Waals surface area contributed by atoms with E-state index in [1.807, 2.05) is 38.1 Å². The zero-order valence-corrected chi connectivity index (χ0v) is 9.62. The Hall–Kier alpha value is -2.30. The smallest absolute Gasteiger partial charge is 0.187 e. The molecule has 0 saturated heterocycles. The number of hydrogen-bond donors (Lipinski definition) is 0. The van der Waals surface area contributed by atoms with E-state index in [9.17, 15) is 0 Å². The topological polar surface area (TPSA) is 56.5 Å². The molecule has 0 amide bonds. The third-order valence-electron chi connectivity index (χ3n) is 2.56. The minimum Gasteiger partial charge on any atom is -0.239 e. The third-order valence-corrected chi connectivity index (χ3v) is 2.56. The van der Waals surface area contributed by atoms with Gasteiger partial charge >= 0.3 is 0 Å². The Labute approximate surface area is 98.1 Å². The second kappa shape index (κ2) is 3.62. The van der Waals surface area contributed by atoms with E-state index in [-0.39, 0.29) is 0 Å². The summed E-state index contributed by atoms with van der Waals surface area (Å²) in [7, 11) is 0. The highest BCUT2D eigenvalue weighted by Crippen LogP contribution is 2.14. The third kappa shape index (κ3) is 1.65. The molecule has 0 radical (unpaired) electrons. The molecule has 0 aliphatic heterocycles. The van der Waals surface area contributed by atoms with Gasteiger partial charge in [0.25, 0.3) is 0 Å². The fraction of sp³-hybridized carbons (Fsp3) is 0.167. The van der Waals surface area contributed by atoms with Gasteiger partial charge in [-0.3, -0.25) is 0 Å². The summed E-state index contributed by atoms with van der Waals surface area (Å²) >= 11 is 0. The van der Waals surface area contributed by atoms with Gasteiger partial charge in [-0.15, -0.1) is 5.10 Å². The molecular formula is C12H11N5. The van der Waals surface area contributed by atoms with E-state index >= 15 is 0 Å². The van der Waals surface area contributed by atoms with E-state index in [4.69, 9.17) is 0 Å². The lowest BCUT2D eigenvalue weighted by Gasteiger charge is -2.02. The van der Waals surface area contributed by atoms with Crippen molar-refractivity contribution in [3.05, 3.63) is 41.9 Å². The Morgan fingerprint density at radius 1 is 1.18 bits per heavy atom. The monoisotopic (exact) mass is 225 g/mol. The quantitative estimate of drug-likeness (QED) is 0.634. The second-order valence-electron chi connectivity index (χ2n) is 3.97. The lowest BCUT2D eigenvalue weighted by Crippen LogP contribution is -1.99. The van der Waals surface area contributed by atoms with Crippen molar-refractivity contribution in [3.8, 4) is 5.69 Å². The van der Waals surface area contributed by atoms with E-state index in [1.165, 1.54) is 5.56 Å². The summed E-state index contributed by atoms with van der Waals surface area (Å²) in [6, 6.07) is 8.07. The van der Waals surface area contributed by atoms with Crippen LogP contribution in [-0.2, 0) is 0 Å². The Morgan fingerprint density at radius 2 is 2.06 bits per heavy atom. The highest BCUT2D eigenvalue weighted by Gasteiger charge is 2.08. The molecule has 3 rings (SSSR count). The summed E-state index contributed by atoms with van der Waals surface area (Å²) < 4.78 is 1.73. The summed E-state index contributed by atoms with van der Waals surface area (Å²) in [4.78, 5) is 8.47. The zero-order valence-electron chi connectivity index (χ0n) is 9.62. The maximum atomic E-state index is 4.37. The summed E-state index contributed by atoms with van der Waals surface area (Å²) in [6.45, 7) is 3.90. The first-order valence-electron chi connectivity index (χ1n) is 5.36. The molecule has 0 saturated carbocycles. The van der Waals surface area contributed by atoms with Crippen molar-refractivity contribution < 1.29 is 0 Å². The van der Waals surface area contributed by atoms with Gasteiger partial charge in [0.05, 0.1) is 11.9 Å². The largest absolute Gasteiger partial charge is 0.239 e. The first-order chi connectivity index (χ1) is 8.24. The molecule has 5 heteroatoms. The molecule has 5 nitrogen and oxygen atoms in total. The zero-order chi connectivity index (χ0) is 11.8. The van der Waals surface area contributed by atoms with Crippen LogP contribution in [0.2, 0.25) is 0 Å². The van der Waals surface area contributed by atoms with Crippen molar-refractivity contribution in [2.24, 2.45) is 0 Å². The standard InChI is InChI=1S/C12H11N5/c1-8-4-3-5-10(6-8)17-12-11(15-16-17)7-13-9(2)14-12/h3-7H,1-2H3. The maximum Gasteiger partial charge on any atom is 0.187 e. The molecule has 0 unspecified atom stereocenters. The van der Waals surface area contributed by atoms with Gasteiger partial charge in [-0.25, -0.2) is 9.97 Å². The van der Waals surface area contributed by atoms with Crippen molar-refractivity contribution in [2.45, 2.75) is 13.8 Å². The van der Waals surface area contributed by atoms with E-state index in [0.717, 1.165) is 11.3 Å². The Kier molecular flexibility index (Phi) is 2.11. The van der Waals surface area contributed by atoms with Crippen molar-refractivity contribution in [3.63, 3.8) is 0 Å². The van der Waals surface area contributed by atoms with Crippen molar-refractivity contribution in [1.29, 1.82) is 0 Å². The number of aromatic nitrogens is 5. The molecule has 3 aromatic rings. The molecule has 84 valence electrons. The van der Waals surface area contributed by atoms with Crippen molar-refractivity contribution in [2.75, 3.05) is 0 Å². The van der Waals surface area contributed by atoms with Crippen molar-refractivity contribution in [1.82, 2.24) is 25.0 Å². The first-order valence-corrected chi connectivity index (χ1v) is 5.36. The maximum absolute atomic E-state index is 4.37. The van der Waals surface area contributed by atoms with Crippen molar-refractivity contribution >= 4 is 11.2 Å². The van der Waals surface area contributed by atoms with Gasteiger partial charge in [0.2, 0.25) is 0 Å². The van der Waals surface area contributed by atoms with Gasteiger partial charge in [-0.05, 0) is 31.5 Å². The number of nitrogens with zero attached hydrogens (tertiary/aromatic N) is 5. The molecule has 2 heterocycles. The van der Waals surface area contributed by atoms with E-state index in [2.05, 4.69) is 20.3 Å². The Morgan fingerprint density at radius 3 is 2.88 bits per heavy atom. The number of fused-ring (bicyclic) bond motifs is 1. The van der Waals surface area contributed by atoms with Gasteiger partial charge in [0.1, 0.15) is 5.82 Å². The molecule has 0 fully saturated rings. The predicted octanol–water partition coefficient (Wildman–Crippen LogP) is 1.83. The second-order valence-corrected chi connectivity index (χ2v) is 3.97. The molecule has 17 heavy (non-hydrogen) atoms. The highest BCUT2D eigenvalue weighted by atomic mass is 15.4. The van der Waals surface area contributed by atoms with Gasteiger partial charge in [-0.2, -0.15) is 4.68 Å². The summed E-state index contributed by atoms with van der Waals surface area (Å²) in [5.41, 5.74) is 3.59. The van der Waals surface area contributed by atoms with E-state index < -0.39 is 0 Å². The van der Waals surface area contributed by atoms with Crippen LogP contribution in [0.5, 0.6) is 0 Å². The predicted molar refractivity (Wildman–Crippen MR) is 63.9 cm³/mol. The van der Waals surface area contributed by atoms with Gasteiger partial charge < -0.3 is 0 Å². The molecule has 0 N–H and O–H groups in total. The van der Waals surface area contributed by atoms with Gasteiger partial charge in [0, 0.05) is 0 Å². The molecule has 0 atom stereocenters. The molecule has 0 aliphatic rings. The Bertz CT molecular complexity index is 686. The minimum atomic E-state index is 0.706. The van der Waals surface area contributed by atoms with Crippen LogP contribution >= 0.6 is 0 Å². The first kappa shape index (κ1) is 9.89. The Balaban J connectivity index is 2.27. The summed E-state index contributed by atoms with van der Waals surface area (Å²) in [5, 5.41) is 8.17. The van der Waals surface area contributed by atoms with Crippen LogP contribution in [0.4, 0.5) is 0 Å². The lowest BCUT2D eigenvalue weighted by molar-refractivity contribution is 0.815. The van der Waals surface area contributed by atoms with Crippen LogP contribution in [0.3, 0.4) is 0 Å². The summed E-state index contributed by atoms with van der Waals surface area (Å²) in [5.74, 6) is 0.716. The summed E-state index contributed by atoms with van der Waals surface area (Å²) in [6.07, 6.45) is 1.69. The molecule has 0 bridgehead atoms. The fourth-order valence-electron chi connectivity index (χ4n) is 1.75. The van der Waals surface area contributed by atoms with Crippen LogP contribution < -0.4 is 0 Å². The number of hydrogen-bond acceptors (Lipinski definition) is 4. The van der Waals surface area contributed by atoms with E-state index in [0.29, 0.717) is 11.3 Å². The van der Waals surface area contributed by atoms with E-state index in [1.54, 1.807) is 10.9 Å². The molecule has 0 spiro atoms. The van der Waals surface area contributed by atoms with Crippen LogP contribution in [-0.4, -0.2) is 25.0 Å². The van der Waals surface area contributed by atoms with Gasteiger partial charge in [-0.1, -0.05) is 17.3 Å². The lowest BCUT2D eigenvalue weighted by atomic mass is 10.2. The normalized spacial score (nSPS) is 10.9. The average Bonchev–Trinajstić information content (AvgIpc) is 2.71. The average molecular weight is 225 g/mol. The van der Waals surface area contributed by atoms with Crippen LogP contribution in [0.1, 0.15) is 11.4 Å². The SMILES string of the molecule is Cc1cccc(-n2nnc3cnc(C)nc32)c1. The minimum absolute atomic E-state index is 0.706. The van der Waals surface area contributed by atoms with Gasteiger partial charge in [0.15, 0.2) is 11.2 Å². The fourth-order valence-corrected chi connectivity index (χ4v) is 1.75. The molecular weight excluding hydrogens is 214 g/mol. The number of aryl methyl sites for hydroxylation is 2. The van der Waals surface area contributed by atoms with Crippen LogP contribution in [0.25, 0.3) is 16.9 Å². The number of rotatable bonds is 1. The van der Waals surface area contributed by atoms with Crippen LogP contribution in [0.15, 0.2) is 30.5 Å². The van der Waals surface area contributed by atoms with Crippen LogP contribution in [0, 0.1) is 13.8 Å². The molecule has 2 aromatic heterocycles. The number of benzene rings is 1. The molecule has 0 aliphatic carbocycles.